The van der Waals surface area contributed by atoms with E-state index in [2.05, 4.69) is 52.0 Å². The lowest BCUT2D eigenvalue weighted by Gasteiger charge is -2.26. The summed E-state index contributed by atoms with van der Waals surface area (Å²) in [4.78, 5) is 22.9. The first-order valence-corrected chi connectivity index (χ1v) is 10.7. The van der Waals surface area contributed by atoms with Crippen molar-refractivity contribution in [2.24, 2.45) is 4.99 Å². The molecule has 1 aliphatic rings. The Labute approximate surface area is 171 Å². The van der Waals surface area contributed by atoms with Gasteiger partial charge in [0.1, 0.15) is 5.01 Å². The molecule has 1 fully saturated rings. The van der Waals surface area contributed by atoms with Crippen LogP contribution in [0.3, 0.4) is 0 Å². The Morgan fingerprint density at radius 1 is 1.21 bits per heavy atom. The van der Waals surface area contributed by atoms with E-state index in [1.807, 2.05) is 17.0 Å². The second-order valence-corrected chi connectivity index (χ2v) is 8.21. The van der Waals surface area contributed by atoms with Gasteiger partial charge in [0.05, 0.1) is 12.2 Å². The van der Waals surface area contributed by atoms with Crippen molar-refractivity contribution in [2.45, 2.75) is 52.1 Å². The Bertz CT molecular complexity index is 812. The third-order valence-corrected chi connectivity index (χ3v) is 5.69. The number of carbonyl (C=O) groups excluding carboxylic acids is 1. The molecule has 0 atom stereocenters. The van der Waals surface area contributed by atoms with E-state index in [0.717, 1.165) is 47.3 Å². The van der Waals surface area contributed by atoms with E-state index in [0.29, 0.717) is 25.4 Å². The highest BCUT2D eigenvalue weighted by atomic mass is 32.1. The number of benzene rings is 1. The van der Waals surface area contributed by atoms with Crippen molar-refractivity contribution in [3.8, 4) is 0 Å². The Morgan fingerprint density at radius 3 is 2.61 bits per heavy atom. The first kappa shape index (κ1) is 20.3. The number of rotatable bonds is 6. The van der Waals surface area contributed by atoms with Crippen LogP contribution in [0.4, 0.5) is 5.69 Å². The van der Waals surface area contributed by atoms with Crippen LogP contribution in [0.2, 0.25) is 0 Å². The summed E-state index contributed by atoms with van der Waals surface area (Å²) >= 11 is 1.67. The number of carbonyl (C=O) groups is 1. The molecule has 0 bridgehead atoms. The van der Waals surface area contributed by atoms with Gasteiger partial charge in [-0.15, -0.1) is 11.3 Å². The fraction of sp³-hybridized carbons (Fsp3) is 0.476. The minimum Gasteiger partial charge on any atom is -0.352 e. The number of anilines is 1. The quantitative estimate of drug-likeness (QED) is 0.575. The maximum Gasteiger partial charge on any atom is 0.226 e. The van der Waals surface area contributed by atoms with Crippen LogP contribution in [0.1, 0.15) is 55.3 Å². The van der Waals surface area contributed by atoms with Gasteiger partial charge in [0, 0.05) is 37.6 Å². The van der Waals surface area contributed by atoms with E-state index < -0.39 is 0 Å². The van der Waals surface area contributed by atoms with Crippen molar-refractivity contribution in [1.29, 1.82) is 0 Å². The predicted molar refractivity (Wildman–Crippen MR) is 116 cm³/mol. The number of aliphatic imine (C=N–C) groups is 1. The summed E-state index contributed by atoms with van der Waals surface area (Å²) in [6.45, 7) is 6.46. The molecule has 1 amide bonds. The maximum absolute atomic E-state index is 12.0. The van der Waals surface area contributed by atoms with Gasteiger partial charge in [-0.1, -0.05) is 26.0 Å². The Kier molecular flexibility index (Phi) is 7.03. The molecular weight excluding hydrogens is 370 g/mol. The molecule has 1 aromatic heterocycles. The number of guanidine groups is 1. The maximum atomic E-state index is 12.0. The largest absolute Gasteiger partial charge is 0.352 e. The van der Waals surface area contributed by atoms with Gasteiger partial charge < -0.3 is 15.5 Å². The molecule has 0 aliphatic carbocycles. The van der Waals surface area contributed by atoms with E-state index in [1.54, 1.807) is 18.4 Å². The van der Waals surface area contributed by atoms with Crippen LogP contribution >= 0.6 is 11.3 Å². The van der Waals surface area contributed by atoms with E-state index in [-0.39, 0.29) is 5.91 Å². The molecule has 0 saturated carbocycles. The number of hydrogen-bond acceptors (Lipinski definition) is 4. The van der Waals surface area contributed by atoms with E-state index in [1.165, 1.54) is 0 Å². The second kappa shape index (κ2) is 9.68. The van der Waals surface area contributed by atoms with Gasteiger partial charge in [0.15, 0.2) is 5.96 Å². The molecule has 1 aliphatic heterocycles. The van der Waals surface area contributed by atoms with Gasteiger partial charge in [-0.25, -0.2) is 4.98 Å². The molecule has 0 radical (unpaired) electrons. The first-order valence-electron chi connectivity index (χ1n) is 9.85. The minimum atomic E-state index is 0.226. The molecule has 28 heavy (non-hydrogen) atoms. The fourth-order valence-corrected chi connectivity index (χ4v) is 4.01. The summed E-state index contributed by atoms with van der Waals surface area (Å²) in [6.07, 6.45) is 2.74. The zero-order valence-corrected chi connectivity index (χ0v) is 17.7. The summed E-state index contributed by atoms with van der Waals surface area (Å²) in [5.74, 6) is 1.42. The Hall–Kier alpha value is -2.41. The van der Waals surface area contributed by atoms with E-state index >= 15 is 0 Å². The van der Waals surface area contributed by atoms with Crippen molar-refractivity contribution >= 4 is 28.9 Å². The van der Waals surface area contributed by atoms with Gasteiger partial charge in [0.25, 0.3) is 0 Å². The average molecular weight is 400 g/mol. The summed E-state index contributed by atoms with van der Waals surface area (Å²) in [5.41, 5.74) is 3.27. The predicted octanol–water partition coefficient (Wildman–Crippen LogP) is 3.65. The molecule has 1 aromatic carbocycles. The van der Waals surface area contributed by atoms with Crippen LogP contribution in [0.25, 0.3) is 0 Å². The van der Waals surface area contributed by atoms with Crippen molar-refractivity contribution in [1.82, 2.24) is 15.6 Å². The zero-order chi connectivity index (χ0) is 19.9. The van der Waals surface area contributed by atoms with Crippen molar-refractivity contribution < 1.29 is 4.79 Å². The third-order valence-electron chi connectivity index (χ3n) is 4.82. The van der Waals surface area contributed by atoms with E-state index in [4.69, 9.17) is 0 Å². The van der Waals surface area contributed by atoms with Crippen molar-refractivity contribution in [3.05, 3.63) is 45.9 Å². The Balaban J connectivity index is 1.49. The van der Waals surface area contributed by atoms with Crippen LogP contribution in [-0.2, 0) is 17.9 Å². The number of nitrogens with one attached hydrogen (secondary N) is 2. The topological polar surface area (TPSA) is 69.6 Å². The third kappa shape index (κ3) is 5.32. The summed E-state index contributed by atoms with van der Waals surface area (Å²) < 4.78 is 0. The summed E-state index contributed by atoms with van der Waals surface area (Å²) in [7, 11) is 1.77. The van der Waals surface area contributed by atoms with E-state index in [9.17, 15) is 4.79 Å². The van der Waals surface area contributed by atoms with Crippen LogP contribution in [-0.4, -0.2) is 30.4 Å². The normalized spacial score (nSPS) is 15.2. The van der Waals surface area contributed by atoms with Gasteiger partial charge >= 0.3 is 0 Å². The highest BCUT2D eigenvalue weighted by Gasteiger charge is 2.19. The zero-order valence-electron chi connectivity index (χ0n) is 16.9. The molecule has 0 spiro atoms. The van der Waals surface area contributed by atoms with Crippen LogP contribution < -0.4 is 15.5 Å². The molecule has 3 rings (SSSR count). The molecule has 2 heterocycles. The lowest BCUT2D eigenvalue weighted by molar-refractivity contribution is -0.119. The number of nitrogens with zero attached hydrogens (tertiary/aromatic N) is 3. The number of aromatic nitrogens is 1. The monoisotopic (exact) mass is 399 g/mol. The number of hydrogen-bond donors (Lipinski definition) is 2. The molecule has 150 valence electrons. The highest BCUT2D eigenvalue weighted by Crippen LogP contribution is 2.21. The lowest BCUT2D eigenvalue weighted by atomic mass is 10.1. The number of amides is 1. The highest BCUT2D eigenvalue weighted by molar-refractivity contribution is 7.09. The molecular formula is C21H29N5OS. The molecule has 1 saturated heterocycles. The van der Waals surface area contributed by atoms with Crippen molar-refractivity contribution in [2.75, 3.05) is 18.5 Å². The fourth-order valence-electron chi connectivity index (χ4n) is 3.11. The minimum absolute atomic E-state index is 0.226. The SMILES string of the molecule is CN=C(NCc1ccc(N2CCCCC2=O)cc1)NCc1nc(C(C)C)cs1. The summed E-state index contributed by atoms with van der Waals surface area (Å²) in [6, 6.07) is 8.18. The molecule has 7 heteroatoms. The molecule has 2 aromatic rings. The standard InChI is InChI=1S/C21H29N5OS/c1-15(2)18-14-28-19(25-18)13-24-21(22-3)23-12-16-7-9-17(10-8-16)26-11-5-4-6-20(26)27/h7-10,14-15H,4-6,11-13H2,1-3H3,(H2,22,23,24). The Morgan fingerprint density at radius 2 is 1.96 bits per heavy atom. The summed E-state index contributed by atoms with van der Waals surface area (Å²) in [5, 5.41) is 9.81. The number of piperidine rings is 1. The van der Waals surface area contributed by atoms with Crippen molar-refractivity contribution in [3.63, 3.8) is 0 Å². The lowest BCUT2D eigenvalue weighted by Crippen LogP contribution is -2.36. The number of thiazole rings is 1. The van der Waals surface area contributed by atoms with Gasteiger partial charge in [-0.05, 0) is 36.5 Å². The molecule has 6 nitrogen and oxygen atoms in total. The van der Waals surface area contributed by atoms with Gasteiger partial charge in [0.2, 0.25) is 5.91 Å². The molecule has 0 unspecified atom stereocenters. The smallest absolute Gasteiger partial charge is 0.226 e. The molecule has 2 N–H and O–H groups in total. The van der Waals surface area contributed by atoms with Crippen LogP contribution in [0.15, 0.2) is 34.6 Å². The second-order valence-electron chi connectivity index (χ2n) is 7.27. The van der Waals surface area contributed by atoms with Gasteiger partial charge in [-0.2, -0.15) is 0 Å². The van der Waals surface area contributed by atoms with Crippen LogP contribution in [0, 0.1) is 0 Å². The first-order chi connectivity index (χ1) is 13.6. The van der Waals surface area contributed by atoms with Gasteiger partial charge in [-0.3, -0.25) is 9.79 Å². The average Bonchev–Trinajstić information content (AvgIpc) is 3.18. The van der Waals surface area contributed by atoms with Crippen LogP contribution in [0.5, 0.6) is 0 Å².